The Morgan fingerprint density at radius 1 is 1.12 bits per heavy atom. The van der Waals surface area contributed by atoms with Crippen LogP contribution in [0.5, 0.6) is 5.75 Å². The molecule has 1 aliphatic carbocycles. The van der Waals surface area contributed by atoms with Crippen LogP contribution in [0.3, 0.4) is 0 Å². The van der Waals surface area contributed by atoms with Gasteiger partial charge < -0.3 is 14.6 Å². The van der Waals surface area contributed by atoms with Crippen LogP contribution in [0.25, 0.3) is 0 Å². The Balaban J connectivity index is 1.61. The van der Waals surface area contributed by atoms with Crippen molar-refractivity contribution >= 4 is 5.91 Å². The van der Waals surface area contributed by atoms with E-state index in [4.69, 9.17) is 0 Å². The first kappa shape index (κ1) is 21.2. The minimum Gasteiger partial charge on any atom is -0.501 e. The summed E-state index contributed by atoms with van der Waals surface area (Å²) >= 11 is 0. The van der Waals surface area contributed by atoms with Gasteiger partial charge in [-0.05, 0) is 49.7 Å². The number of rotatable bonds is 4. The second kappa shape index (κ2) is 8.38. The van der Waals surface area contributed by atoms with Crippen molar-refractivity contribution in [2.24, 2.45) is 0 Å². The van der Waals surface area contributed by atoms with E-state index < -0.39 is 11.3 Å². The summed E-state index contributed by atoms with van der Waals surface area (Å²) in [6.07, 6.45) is 10.3. The highest BCUT2D eigenvalue weighted by Crippen LogP contribution is 2.43. The minimum absolute atomic E-state index is 0.0899. The molecule has 0 radical (unpaired) electrons. The first-order chi connectivity index (χ1) is 15.5. The highest BCUT2D eigenvalue weighted by molar-refractivity contribution is 5.96. The number of hydrogen-bond donors (Lipinski definition) is 1. The van der Waals surface area contributed by atoms with Gasteiger partial charge in [-0.1, -0.05) is 50.5 Å². The van der Waals surface area contributed by atoms with Crippen molar-refractivity contribution < 1.29 is 9.90 Å². The fraction of sp³-hybridized carbons (Fsp3) is 0.577. The lowest BCUT2D eigenvalue weighted by molar-refractivity contribution is 0.0497. The number of carbonyl (C=O) groups is 1. The molecule has 2 fully saturated rings. The number of nitrogens with zero attached hydrogens (tertiary/aromatic N) is 3. The number of benzene rings is 1. The van der Waals surface area contributed by atoms with E-state index in [1.54, 1.807) is 0 Å². The number of aryl methyl sites for hydroxylation is 1. The van der Waals surface area contributed by atoms with Crippen LogP contribution in [0.1, 0.15) is 85.7 Å². The Bertz CT molecular complexity index is 1080. The number of carbonyl (C=O) groups excluding carboxylic acids is 1. The highest BCUT2D eigenvalue weighted by Gasteiger charge is 2.40. The van der Waals surface area contributed by atoms with Crippen LogP contribution in [-0.4, -0.2) is 38.1 Å². The summed E-state index contributed by atoms with van der Waals surface area (Å²) in [5.41, 5.74) is 2.01. The molecule has 1 aromatic carbocycles. The molecule has 170 valence electrons. The van der Waals surface area contributed by atoms with E-state index in [0.29, 0.717) is 25.3 Å². The van der Waals surface area contributed by atoms with E-state index in [0.717, 1.165) is 51.4 Å². The molecule has 2 aliphatic heterocycles. The van der Waals surface area contributed by atoms with Gasteiger partial charge in [0.1, 0.15) is 5.82 Å². The molecule has 0 spiro atoms. The summed E-state index contributed by atoms with van der Waals surface area (Å²) in [5, 5.41) is 10.5. The average Bonchev–Trinajstić information content (AvgIpc) is 2.83. The molecular formula is C26H33N3O3. The standard InChI is InChI=1S/C26H33N3O3/c1-2-18-9-8-10-19(15-18)26(12-5-3-6-13-26)16-21-27-24(31)23(30)22-25(32)28-14-7-4-11-20(28)17-29(21)22/h8-10,15,20,30H,2-7,11-14,16-17H2,1H3. The topological polar surface area (TPSA) is 75.4 Å². The smallest absolute Gasteiger partial charge is 0.315 e. The maximum Gasteiger partial charge on any atom is 0.315 e. The van der Waals surface area contributed by atoms with Crippen LogP contribution in [-0.2, 0) is 24.8 Å². The zero-order chi connectivity index (χ0) is 22.3. The third kappa shape index (κ3) is 3.54. The molecule has 2 aromatic rings. The van der Waals surface area contributed by atoms with Crippen molar-refractivity contribution in [1.82, 2.24) is 14.5 Å². The van der Waals surface area contributed by atoms with Gasteiger partial charge in [0.05, 0.1) is 6.04 Å². The van der Waals surface area contributed by atoms with Crippen LogP contribution in [0.4, 0.5) is 0 Å². The predicted octanol–water partition coefficient (Wildman–Crippen LogP) is 3.96. The van der Waals surface area contributed by atoms with Crippen LogP contribution in [0.15, 0.2) is 29.1 Å². The molecule has 6 heteroatoms. The van der Waals surface area contributed by atoms with Gasteiger partial charge in [-0.2, -0.15) is 4.98 Å². The molecule has 5 rings (SSSR count). The van der Waals surface area contributed by atoms with Gasteiger partial charge >= 0.3 is 5.56 Å². The number of fused-ring (bicyclic) bond motifs is 2. The lowest BCUT2D eigenvalue weighted by Gasteiger charge is -2.43. The molecule has 32 heavy (non-hydrogen) atoms. The lowest BCUT2D eigenvalue weighted by Crippen LogP contribution is -2.52. The number of aromatic nitrogens is 2. The average molecular weight is 436 g/mol. The second-order valence-electron chi connectivity index (χ2n) is 9.86. The summed E-state index contributed by atoms with van der Waals surface area (Å²) < 4.78 is 1.88. The van der Waals surface area contributed by atoms with Crippen LogP contribution in [0, 0.1) is 0 Å². The Kier molecular flexibility index (Phi) is 5.56. The third-order valence-electron chi connectivity index (χ3n) is 7.98. The summed E-state index contributed by atoms with van der Waals surface area (Å²) in [7, 11) is 0. The van der Waals surface area contributed by atoms with Gasteiger partial charge in [0.25, 0.3) is 5.91 Å². The van der Waals surface area contributed by atoms with Gasteiger partial charge in [-0.25, -0.2) is 0 Å². The summed E-state index contributed by atoms with van der Waals surface area (Å²) in [6, 6.07) is 8.96. The largest absolute Gasteiger partial charge is 0.501 e. The van der Waals surface area contributed by atoms with E-state index >= 15 is 0 Å². The SMILES string of the molecule is CCc1cccc(C2(Cc3nc(=O)c(O)c4n3CC3CCCCN3C4=O)CCCCC2)c1. The second-order valence-corrected chi connectivity index (χ2v) is 9.86. The summed E-state index contributed by atoms with van der Waals surface area (Å²) in [5.74, 6) is -0.0523. The van der Waals surface area contributed by atoms with E-state index in [1.165, 1.54) is 17.5 Å². The third-order valence-corrected chi connectivity index (χ3v) is 7.98. The van der Waals surface area contributed by atoms with Crippen LogP contribution >= 0.6 is 0 Å². The van der Waals surface area contributed by atoms with E-state index in [2.05, 4.69) is 36.2 Å². The van der Waals surface area contributed by atoms with Crippen molar-refractivity contribution in [2.75, 3.05) is 6.54 Å². The molecule has 1 unspecified atom stereocenters. The van der Waals surface area contributed by atoms with Crippen molar-refractivity contribution in [2.45, 2.75) is 89.1 Å². The number of amides is 1. The maximum atomic E-state index is 13.3. The molecule has 0 bridgehead atoms. The molecule has 1 saturated carbocycles. The van der Waals surface area contributed by atoms with Crippen LogP contribution < -0.4 is 5.56 Å². The van der Waals surface area contributed by atoms with Crippen molar-refractivity contribution in [3.8, 4) is 5.75 Å². The first-order valence-corrected chi connectivity index (χ1v) is 12.3. The van der Waals surface area contributed by atoms with E-state index in [-0.39, 0.29) is 23.1 Å². The first-order valence-electron chi connectivity index (χ1n) is 12.3. The maximum absolute atomic E-state index is 13.3. The number of aromatic hydroxyl groups is 1. The summed E-state index contributed by atoms with van der Waals surface area (Å²) in [6.45, 7) is 3.48. The Morgan fingerprint density at radius 2 is 1.94 bits per heavy atom. The van der Waals surface area contributed by atoms with E-state index in [1.807, 2.05) is 9.47 Å². The number of piperidine rings is 1. The monoisotopic (exact) mass is 435 g/mol. The van der Waals surface area contributed by atoms with Gasteiger partial charge in [0.2, 0.25) is 5.75 Å². The summed E-state index contributed by atoms with van der Waals surface area (Å²) in [4.78, 5) is 32.1. The normalized spacial score (nSPS) is 22.3. The molecule has 3 heterocycles. The lowest BCUT2D eigenvalue weighted by atomic mass is 9.67. The van der Waals surface area contributed by atoms with E-state index in [9.17, 15) is 14.7 Å². The van der Waals surface area contributed by atoms with Gasteiger partial charge in [0.15, 0.2) is 5.69 Å². The molecule has 6 nitrogen and oxygen atoms in total. The zero-order valence-electron chi connectivity index (χ0n) is 19.0. The Labute approximate surface area is 189 Å². The van der Waals surface area contributed by atoms with Gasteiger partial charge in [-0.3, -0.25) is 9.59 Å². The Hall–Kier alpha value is -2.63. The van der Waals surface area contributed by atoms with Crippen molar-refractivity contribution in [1.29, 1.82) is 0 Å². The zero-order valence-corrected chi connectivity index (χ0v) is 19.0. The molecule has 1 saturated heterocycles. The number of hydrogen-bond acceptors (Lipinski definition) is 4. The fourth-order valence-corrected chi connectivity index (χ4v) is 6.16. The fourth-order valence-electron chi connectivity index (χ4n) is 6.16. The molecule has 1 aromatic heterocycles. The highest BCUT2D eigenvalue weighted by atomic mass is 16.3. The molecule has 1 atom stereocenters. The Morgan fingerprint density at radius 3 is 2.72 bits per heavy atom. The van der Waals surface area contributed by atoms with Crippen LogP contribution in [0.2, 0.25) is 0 Å². The molecule has 1 amide bonds. The van der Waals surface area contributed by atoms with Gasteiger partial charge in [0, 0.05) is 24.9 Å². The molecule has 3 aliphatic rings. The van der Waals surface area contributed by atoms with Crippen molar-refractivity contribution in [3.63, 3.8) is 0 Å². The van der Waals surface area contributed by atoms with Gasteiger partial charge in [-0.15, -0.1) is 0 Å². The predicted molar refractivity (Wildman–Crippen MR) is 123 cm³/mol. The quantitative estimate of drug-likeness (QED) is 0.789. The minimum atomic E-state index is -0.677. The molecule has 1 N–H and O–H groups in total. The molecular weight excluding hydrogens is 402 g/mol. The van der Waals surface area contributed by atoms with Crippen molar-refractivity contribution in [3.05, 3.63) is 57.3 Å².